The molecule has 5 nitrogen and oxygen atoms in total. The fourth-order valence-electron chi connectivity index (χ4n) is 3.08. The highest BCUT2D eigenvalue weighted by Crippen LogP contribution is 2.28. The molecule has 1 aromatic heterocycles. The van der Waals surface area contributed by atoms with E-state index in [0.29, 0.717) is 23.7 Å². The standard InChI is InChI=1S/C18H18ClN3O2/c1-2-24-18(23)12-4-3-7-22(11-12)17-8-13(10-20)15-9-14(19)5-6-16(15)21-17/h5-6,8-9,12H,2-4,7,11H2,1H3/t12-/m0/s1. The molecule has 0 radical (unpaired) electrons. The molecule has 124 valence electrons. The highest BCUT2D eigenvalue weighted by molar-refractivity contribution is 6.31. The zero-order valence-corrected chi connectivity index (χ0v) is 14.2. The van der Waals surface area contributed by atoms with Crippen LogP contribution in [0.4, 0.5) is 5.82 Å². The third kappa shape index (κ3) is 3.29. The molecule has 1 atom stereocenters. The summed E-state index contributed by atoms with van der Waals surface area (Å²) in [6, 6.07) is 9.32. The maximum absolute atomic E-state index is 12.0. The Morgan fingerprint density at radius 1 is 1.50 bits per heavy atom. The van der Waals surface area contributed by atoms with E-state index in [0.717, 1.165) is 36.1 Å². The number of carbonyl (C=O) groups excluding carboxylic acids is 1. The molecule has 1 aliphatic heterocycles. The van der Waals surface area contributed by atoms with E-state index in [-0.39, 0.29) is 11.9 Å². The first-order chi connectivity index (χ1) is 11.6. The lowest BCUT2D eigenvalue weighted by atomic mass is 9.98. The van der Waals surface area contributed by atoms with Crippen LogP contribution in [0.15, 0.2) is 24.3 Å². The molecule has 0 saturated carbocycles. The topological polar surface area (TPSA) is 66.2 Å². The van der Waals surface area contributed by atoms with Gasteiger partial charge in [0.05, 0.1) is 29.7 Å². The summed E-state index contributed by atoms with van der Waals surface area (Å²) >= 11 is 6.02. The van der Waals surface area contributed by atoms with Gasteiger partial charge in [-0.05, 0) is 44.0 Å². The molecule has 1 fully saturated rings. The van der Waals surface area contributed by atoms with Crippen molar-refractivity contribution in [3.63, 3.8) is 0 Å². The smallest absolute Gasteiger partial charge is 0.310 e. The fourth-order valence-corrected chi connectivity index (χ4v) is 3.25. The number of piperidine rings is 1. The number of carbonyl (C=O) groups is 1. The molecule has 0 unspecified atom stereocenters. The summed E-state index contributed by atoms with van der Waals surface area (Å²) in [6.45, 7) is 3.58. The Balaban J connectivity index is 1.93. The number of esters is 1. The van der Waals surface area contributed by atoms with Gasteiger partial charge in [0.15, 0.2) is 0 Å². The van der Waals surface area contributed by atoms with Crippen molar-refractivity contribution in [2.75, 3.05) is 24.6 Å². The SMILES string of the molecule is CCOC(=O)[C@H]1CCCN(c2cc(C#N)c3cc(Cl)ccc3n2)C1. The van der Waals surface area contributed by atoms with E-state index >= 15 is 0 Å². The first kappa shape index (κ1) is 16.5. The van der Waals surface area contributed by atoms with Crippen LogP contribution >= 0.6 is 11.6 Å². The second kappa shape index (κ2) is 7.06. The molecule has 1 saturated heterocycles. The maximum atomic E-state index is 12.0. The Bertz CT molecular complexity index is 816. The second-order valence-corrected chi connectivity index (χ2v) is 6.27. The fraction of sp³-hybridized carbons (Fsp3) is 0.389. The van der Waals surface area contributed by atoms with Gasteiger partial charge in [-0.3, -0.25) is 4.79 Å². The quantitative estimate of drug-likeness (QED) is 0.797. The van der Waals surface area contributed by atoms with Crippen molar-refractivity contribution in [3.8, 4) is 6.07 Å². The van der Waals surface area contributed by atoms with Gasteiger partial charge in [0, 0.05) is 23.5 Å². The third-order valence-electron chi connectivity index (χ3n) is 4.24. The van der Waals surface area contributed by atoms with E-state index in [4.69, 9.17) is 16.3 Å². The lowest BCUT2D eigenvalue weighted by Gasteiger charge is -2.32. The van der Waals surface area contributed by atoms with Gasteiger partial charge in [-0.1, -0.05) is 11.6 Å². The largest absolute Gasteiger partial charge is 0.466 e. The van der Waals surface area contributed by atoms with E-state index in [1.807, 2.05) is 13.0 Å². The Labute approximate surface area is 145 Å². The monoisotopic (exact) mass is 343 g/mol. The minimum atomic E-state index is -0.157. The molecule has 0 aliphatic carbocycles. The molecule has 0 N–H and O–H groups in total. The molecule has 6 heteroatoms. The summed E-state index contributed by atoms with van der Waals surface area (Å²) in [5.41, 5.74) is 1.27. The van der Waals surface area contributed by atoms with E-state index < -0.39 is 0 Å². The number of fused-ring (bicyclic) bond motifs is 1. The van der Waals surface area contributed by atoms with Crippen LogP contribution in [-0.4, -0.2) is 30.6 Å². The molecule has 1 aliphatic rings. The van der Waals surface area contributed by atoms with Gasteiger partial charge in [-0.15, -0.1) is 0 Å². The number of halogens is 1. The molecule has 1 aromatic carbocycles. The maximum Gasteiger partial charge on any atom is 0.310 e. The van der Waals surface area contributed by atoms with Gasteiger partial charge < -0.3 is 9.64 Å². The van der Waals surface area contributed by atoms with E-state index in [9.17, 15) is 10.1 Å². The minimum Gasteiger partial charge on any atom is -0.466 e. The zero-order chi connectivity index (χ0) is 17.1. The molecule has 0 bridgehead atoms. The van der Waals surface area contributed by atoms with Crippen LogP contribution in [0.1, 0.15) is 25.3 Å². The van der Waals surface area contributed by atoms with Crippen molar-refractivity contribution in [1.29, 1.82) is 5.26 Å². The van der Waals surface area contributed by atoms with E-state index in [2.05, 4.69) is 16.0 Å². The number of pyridine rings is 1. The van der Waals surface area contributed by atoms with Crippen molar-refractivity contribution < 1.29 is 9.53 Å². The number of nitriles is 1. The van der Waals surface area contributed by atoms with Crippen LogP contribution in [-0.2, 0) is 9.53 Å². The Morgan fingerprint density at radius 3 is 3.08 bits per heavy atom. The average molecular weight is 344 g/mol. The highest BCUT2D eigenvalue weighted by atomic mass is 35.5. The van der Waals surface area contributed by atoms with Crippen LogP contribution in [0.25, 0.3) is 10.9 Å². The number of anilines is 1. The Hall–Kier alpha value is -2.32. The number of benzene rings is 1. The molecule has 2 heterocycles. The third-order valence-corrected chi connectivity index (χ3v) is 4.48. The van der Waals surface area contributed by atoms with Gasteiger partial charge >= 0.3 is 5.97 Å². The van der Waals surface area contributed by atoms with Crippen LogP contribution < -0.4 is 4.90 Å². The summed E-state index contributed by atoms with van der Waals surface area (Å²) in [6.07, 6.45) is 1.72. The first-order valence-electron chi connectivity index (χ1n) is 8.04. The van der Waals surface area contributed by atoms with Crippen molar-refractivity contribution in [3.05, 3.63) is 34.9 Å². The van der Waals surface area contributed by atoms with Gasteiger partial charge in [-0.2, -0.15) is 5.26 Å². The molecule has 0 spiro atoms. The first-order valence-corrected chi connectivity index (χ1v) is 8.42. The number of hydrogen-bond donors (Lipinski definition) is 0. The van der Waals surface area contributed by atoms with Crippen molar-refractivity contribution in [2.24, 2.45) is 5.92 Å². The summed E-state index contributed by atoms with van der Waals surface area (Å²) < 4.78 is 5.14. The number of aromatic nitrogens is 1. The Kier molecular flexibility index (Phi) is 4.86. The lowest BCUT2D eigenvalue weighted by Crippen LogP contribution is -2.39. The predicted octanol–water partition coefficient (Wildman–Crippen LogP) is 3.54. The second-order valence-electron chi connectivity index (χ2n) is 5.84. The van der Waals surface area contributed by atoms with Crippen LogP contribution in [0.5, 0.6) is 0 Å². The molecule has 2 aromatic rings. The number of hydrogen-bond acceptors (Lipinski definition) is 5. The lowest BCUT2D eigenvalue weighted by molar-refractivity contribution is -0.148. The van der Waals surface area contributed by atoms with Crippen molar-refractivity contribution in [2.45, 2.75) is 19.8 Å². The van der Waals surface area contributed by atoms with E-state index in [1.54, 1.807) is 18.2 Å². The van der Waals surface area contributed by atoms with Crippen molar-refractivity contribution in [1.82, 2.24) is 4.98 Å². The average Bonchev–Trinajstić information content (AvgIpc) is 2.61. The normalized spacial score (nSPS) is 17.5. The number of ether oxygens (including phenoxy) is 1. The van der Waals surface area contributed by atoms with Gasteiger partial charge in [0.25, 0.3) is 0 Å². The van der Waals surface area contributed by atoms with Crippen LogP contribution in [0.3, 0.4) is 0 Å². The molecular weight excluding hydrogens is 326 g/mol. The van der Waals surface area contributed by atoms with Gasteiger partial charge in [-0.25, -0.2) is 4.98 Å². The van der Waals surface area contributed by atoms with E-state index in [1.165, 1.54) is 0 Å². The predicted molar refractivity (Wildman–Crippen MR) is 93.0 cm³/mol. The molecular formula is C18H18ClN3O2. The summed E-state index contributed by atoms with van der Waals surface area (Å²) in [4.78, 5) is 18.7. The summed E-state index contributed by atoms with van der Waals surface area (Å²) in [5.74, 6) is 0.414. The number of rotatable bonds is 3. The minimum absolute atomic E-state index is 0.146. The van der Waals surface area contributed by atoms with Crippen molar-refractivity contribution >= 4 is 34.3 Å². The Morgan fingerprint density at radius 2 is 2.33 bits per heavy atom. The van der Waals surface area contributed by atoms with Crippen LogP contribution in [0.2, 0.25) is 5.02 Å². The summed E-state index contributed by atoms with van der Waals surface area (Å²) in [7, 11) is 0. The molecule has 0 amide bonds. The summed E-state index contributed by atoms with van der Waals surface area (Å²) in [5, 5.41) is 10.8. The van der Waals surface area contributed by atoms with Gasteiger partial charge in [0.2, 0.25) is 0 Å². The van der Waals surface area contributed by atoms with Gasteiger partial charge in [0.1, 0.15) is 5.82 Å². The number of nitrogens with zero attached hydrogens (tertiary/aromatic N) is 3. The highest BCUT2D eigenvalue weighted by Gasteiger charge is 2.28. The van der Waals surface area contributed by atoms with Crippen LogP contribution in [0, 0.1) is 17.2 Å². The molecule has 3 rings (SSSR count). The molecule has 24 heavy (non-hydrogen) atoms. The zero-order valence-electron chi connectivity index (χ0n) is 13.5.